The third kappa shape index (κ3) is 4.15. The Morgan fingerprint density at radius 1 is 1.25 bits per heavy atom. The van der Waals surface area contributed by atoms with Gasteiger partial charge in [0, 0.05) is 32.6 Å². The molecule has 1 saturated heterocycles. The summed E-state index contributed by atoms with van der Waals surface area (Å²) in [5, 5.41) is 0. The zero-order chi connectivity index (χ0) is 17.1. The summed E-state index contributed by atoms with van der Waals surface area (Å²) in [6.07, 6.45) is 1.65. The van der Waals surface area contributed by atoms with E-state index in [2.05, 4.69) is 36.7 Å². The molecule has 1 aromatic carbocycles. The summed E-state index contributed by atoms with van der Waals surface area (Å²) < 4.78 is 5.86. The maximum absolute atomic E-state index is 12.3. The Morgan fingerprint density at radius 3 is 2.88 bits per heavy atom. The van der Waals surface area contributed by atoms with Crippen LogP contribution in [0.3, 0.4) is 0 Å². The lowest BCUT2D eigenvalue weighted by Gasteiger charge is -2.22. The van der Waals surface area contributed by atoms with Crippen molar-refractivity contribution in [1.82, 2.24) is 14.8 Å². The number of aryl methyl sites for hydroxylation is 1. The largest absolute Gasteiger partial charge is 0.439 e. The van der Waals surface area contributed by atoms with Gasteiger partial charge in [-0.05, 0) is 37.0 Å². The number of aromatic nitrogens is 1. The smallest absolute Gasteiger partial charge is 0.222 e. The lowest BCUT2D eigenvalue weighted by atomic mass is 10.1. The average Bonchev–Trinajstić information content (AvgIpc) is 2.74. The standard InChI is InChI=1S/C19H27N3O2/c1-14(2)11-19(23)22-8-4-7-21(9-10-22)13-18-20-16-12-15(3)5-6-17(16)24-18/h5-6,12,14H,4,7-11,13H2,1-3H3. The van der Waals surface area contributed by atoms with Crippen molar-refractivity contribution in [3.63, 3.8) is 0 Å². The average molecular weight is 329 g/mol. The minimum absolute atomic E-state index is 0.282. The van der Waals surface area contributed by atoms with Crippen molar-refractivity contribution < 1.29 is 9.21 Å². The molecule has 0 spiro atoms. The van der Waals surface area contributed by atoms with Gasteiger partial charge >= 0.3 is 0 Å². The fourth-order valence-electron chi connectivity index (χ4n) is 3.20. The second-order valence-corrected chi connectivity index (χ2v) is 7.19. The zero-order valence-electron chi connectivity index (χ0n) is 14.9. The van der Waals surface area contributed by atoms with E-state index in [4.69, 9.17) is 4.42 Å². The molecule has 2 heterocycles. The van der Waals surface area contributed by atoms with E-state index in [9.17, 15) is 4.79 Å². The fraction of sp³-hybridized carbons (Fsp3) is 0.579. The van der Waals surface area contributed by atoms with Crippen LogP contribution >= 0.6 is 0 Å². The van der Waals surface area contributed by atoms with E-state index in [1.165, 1.54) is 5.56 Å². The maximum atomic E-state index is 12.3. The molecule has 0 unspecified atom stereocenters. The number of hydrogen-bond donors (Lipinski definition) is 0. The van der Waals surface area contributed by atoms with Gasteiger partial charge in [-0.15, -0.1) is 0 Å². The van der Waals surface area contributed by atoms with Crippen LogP contribution in [-0.4, -0.2) is 46.9 Å². The fourth-order valence-corrected chi connectivity index (χ4v) is 3.20. The summed E-state index contributed by atoms with van der Waals surface area (Å²) in [6.45, 7) is 10.5. The predicted octanol–water partition coefficient (Wildman–Crippen LogP) is 3.22. The first-order valence-electron chi connectivity index (χ1n) is 8.87. The van der Waals surface area contributed by atoms with Gasteiger partial charge in [-0.3, -0.25) is 9.69 Å². The quantitative estimate of drug-likeness (QED) is 0.864. The molecule has 0 atom stereocenters. The first-order valence-corrected chi connectivity index (χ1v) is 8.87. The molecule has 0 aliphatic carbocycles. The van der Waals surface area contributed by atoms with Crippen molar-refractivity contribution in [1.29, 1.82) is 0 Å². The molecule has 0 saturated carbocycles. The second-order valence-electron chi connectivity index (χ2n) is 7.19. The lowest BCUT2D eigenvalue weighted by Crippen LogP contribution is -2.35. The first-order chi connectivity index (χ1) is 11.5. The molecule has 24 heavy (non-hydrogen) atoms. The highest BCUT2D eigenvalue weighted by molar-refractivity contribution is 5.76. The van der Waals surface area contributed by atoms with Crippen LogP contribution in [0.1, 0.15) is 38.1 Å². The molecule has 2 aromatic rings. The van der Waals surface area contributed by atoms with Crippen LogP contribution in [0, 0.1) is 12.8 Å². The highest BCUT2D eigenvalue weighted by atomic mass is 16.3. The van der Waals surface area contributed by atoms with Crippen molar-refractivity contribution in [2.24, 2.45) is 5.92 Å². The molecular weight excluding hydrogens is 302 g/mol. The van der Waals surface area contributed by atoms with E-state index in [-0.39, 0.29) is 5.91 Å². The molecule has 5 heteroatoms. The summed E-state index contributed by atoms with van der Waals surface area (Å²) in [7, 11) is 0. The summed E-state index contributed by atoms with van der Waals surface area (Å²) in [6, 6.07) is 6.08. The zero-order valence-corrected chi connectivity index (χ0v) is 14.9. The second kappa shape index (κ2) is 7.34. The van der Waals surface area contributed by atoms with E-state index in [0.29, 0.717) is 18.9 Å². The number of rotatable bonds is 4. The topological polar surface area (TPSA) is 49.6 Å². The van der Waals surface area contributed by atoms with E-state index in [1.54, 1.807) is 0 Å². The van der Waals surface area contributed by atoms with Crippen molar-refractivity contribution in [3.05, 3.63) is 29.7 Å². The van der Waals surface area contributed by atoms with Crippen LogP contribution in [0.4, 0.5) is 0 Å². The van der Waals surface area contributed by atoms with Gasteiger partial charge in [0.25, 0.3) is 0 Å². The van der Waals surface area contributed by atoms with E-state index in [1.807, 2.05) is 17.0 Å². The van der Waals surface area contributed by atoms with E-state index >= 15 is 0 Å². The molecule has 1 aliphatic heterocycles. The Balaban J connectivity index is 1.60. The number of hydrogen-bond acceptors (Lipinski definition) is 4. The van der Waals surface area contributed by atoms with Crippen LogP contribution in [0.25, 0.3) is 11.1 Å². The van der Waals surface area contributed by atoms with Gasteiger partial charge in [0.15, 0.2) is 5.58 Å². The maximum Gasteiger partial charge on any atom is 0.222 e. The minimum atomic E-state index is 0.282. The SMILES string of the molecule is Cc1ccc2oc(CN3CCCN(C(=O)CC(C)C)CC3)nc2c1. The Kier molecular flexibility index (Phi) is 5.19. The van der Waals surface area contributed by atoms with Crippen molar-refractivity contribution in [2.45, 2.75) is 40.2 Å². The van der Waals surface area contributed by atoms with Gasteiger partial charge in [-0.1, -0.05) is 19.9 Å². The highest BCUT2D eigenvalue weighted by Crippen LogP contribution is 2.18. The van der Waals surface area contributed by atoms with Crippen molar-refractivity contribution in [3.8, 4) is 0 Å². The molecule has 0 N–H and O–H groups in total. The van der Waals surface area contributed by atoms with Gasteiger partial charge in [0.1, 0.15) is 5.52 Å². The van der Waals surface area contributed by atoms with Gasteiger partial charge in [-0.25, -0.2) is 4.98 Å². The number of amides is 1. The Hall–Kier alpha value is -1.88. The molecule has 1 fully saturated rings. The molecule has 5 nitrogen and oxygen atoms in total. The van der Waals surface area contributed by atoms with Crippen LogP contribution in [-0.2, 0) is 11.3 Å². The first kappa shape index (κ1) is 17.0. The molecule has 1 aliphatic rings. The van der Waals surface area contributed by atoms with Crippen LogP contribution < -0.4 is 0 Å². The van der Waals surface area contributed by atoms with Crippen molar-refractivity contribution in [2.75, 3.05) is 26.2 Å². The highest BCUT2D eigenvalue weighted by Gasteiger charge is 2.20. The molecule has 130 valence electrons. The molecule has 0 bridgehead atoms. The molecule has 1 aromatic heterocycles. The van der Waals surface area contributed by atoms with E-state index < -0.39 is 0 Å². The Morgan fingerprint density at radius 2 is 2.08 bits per heavy atom. The normalized spacial score (nSPS) is 16.8. The number of oxazole rings is 1. The third-order valence-corrected chi connectivity index (χ3v) is 4.47. The third-order valence-electron chi connectivity index (χ3n) is 4.47. The van der Waals surface area contributed by atoms with Gasteiger partial charge < -0.3 is 9.32 Å². The summed E-state index contributed by atoms with van der Waals surface area (Å²) in [5.74, 6) is 1.46. The monoisotopic (exact) mass is 329 g/mol. The minimum Gasteiger partial charge on any atom is -0.439 e. The van der Waals surface area contributed by atoms with Gasteiger partial charge in [0.2, 0.25) is 11.8 Å². The summed E-state index contributed by atoms with van der Waals surface area (Å²) in [4.78, 5) is 21.2. The van der Waals surface area contributed by atoms with Crippen LogP contribution in [0.15, 0.2) is 22.6 Å². The molecular formula is C19H27N3O2. The van der Waals surface area contributed by atoms with Gasteiger partial charge in [0.05, 0.1) is 6.54 Å². The summed E-state index contributed by atoms with van der Waals surface area (Å²) >= 11 is 0. The number of carbonyl (C=O) groups excluding carboxylic acids is 1. The Labute approximate surface area is 143 Å². The number of fused-ring (bicyclic) bond motifs is 1. The number of benzene rings is 1. The molecule has 0 radical (unpaired) electrons. The van der Waals surface area contributed by atoms with Crippen LogP contribution in [0.2, 0.25) is 0 Å². The molecule has 1 amide bonds. The summed E-state index contributed by atoms with van der Waals surface area (Å²) in [5.41, 5.74) is 2.96. The molecule has 3 rings (SSSR count). The lowest BCUT2D eigenvalue weighted by molar-refractivity contribution is -0.131. The predicted molar refractivity (Wildman–Crippen MR) is 94.7 cm³/mol. The Bertz CT molecular complexity index is 708. The van der Waals surface area contributed by atoms with E-state index in [0.717, 1.165) is 49.6 Å². The number of carbonyl (C=O) groups is 1. The van der Waals surface area contributed by atoms with Crippen molar-refractivity contribution >= 4 is 17.0 Å². The van der Waals surface area contributed by atoms with Gasteiger partial charge in [-0.2, -0.15) is 0 Å². The van der Waals surface area contributed by atoms with Crippen LogP contribution in [0.5, 0.6) is 0 Å². The number of nitrogens with zero attached hydrogens (tertiary/aromatic N) is 3.